The third kappa shape index (κ3) is 2.76. The van der Waals surface area contributed by atoms with E-state index in [9.17, 15) is 0 Å². The van der Waals surface area contributed by atoms with Crippen molar-refractivity contribution in [2.24, 2.45) is 4.99 Å². The topological polar surface area (TPSA) is 47.6 Å². The Balaban J connectivity index is 2.51. The van der Waals surface area contributed by atoms with Gasteiger partial charge in [-0.05, 0) is 47.9 Å². The fourth-order valence-electron chi connectivity index (χ4n) is 2.07. The molecule has 0 aliphatic rings. The van der Waals surface area contributed by atoms with Crippen molar-refractivity contribution in [3.8, 4) is 11.1 Å². The van der Waals surface area contributed by atoms with E-state index in [1.165, 1.54) is 5.56 Å². The Kier molecular flexibility index (Phi) is 3.85. The Morgan fingerprint density at radius 3 is 2.37 bits per heavy atom. The minimum absolute atomic E-state index is 0.636. The molecule has 0 aliphatic carbocycles. The van der Waals surface area contributed by atoms with Gasteiger partial charge in [0.1, 0.15) is 0 Å². The first kappa shape index (κ1) is 13.1. The Morgan fingerprint density at radius 1 is 1.11 bits per heavy atom. The van der Waals surface area contributed by atoms with Gasteiger partial charge in [0.2, 0.25) is 5.90 Å². The third-order valence-electron chi connectivity index (χ3n) is 3.10. The number of anilines is 1. The van der Waals surface area contributed by atoms with Crippen molar-refractivity contribution < 1.29 is 4.74 Å². The largest absolute Gasteiger partial charge is 0.481 e. The smallest absolute Gasteiger partial charge is 0.215 e. The Hall–Kier alpha value is -2.29. The predicted octanol–water partition coefficient (Wildman–Crippen LogP) is 3.27. The summed E-state index contributed by atoms with van der Waals surface area (Å²) < 4.78 is 5.27. The van der Waals surface area contributed by atoms with Crippen LogP contribution in [0.25, 0.3) is 11.1 Å². The number of benzene rings is 2. The number of aliphatic imine (C=N–C) groups is 1. The molecule has 0 fully saturated rings. The van der Waals surface area contributed by atoms with Gasteiger partial charge >= 0.3 is 0 Å². The molecule has 0 unspecified atom stereocenters. The summed E-state index contributed by atoms with van der Waals surface area (Å²) >= 11 is 0. The average Bonchev–Trinajstić information content (AvgIpc) is 2.43. The van der Waals surface area contributed by atoms with Gasteiger partial charge < -0.3 is 10.5 Å². The number of nitrogens with zero attached hydrogens (tertiary/aromatic N) is 1. The highest BCUT2D eigenvalue weighted by Gasteiger charge is 2.07. The zero-order valence-corrected chi connectivity index (χ0v) is 11.5. The fourth-order valence-corrected chi connectivity index (χ4v) is 2.07. The summed E-state index contributed by atoms with van der Waals surface area (Å²) in [6.45, 7) is 2.09. The monoisotopic (exact) mass is 254 g/mol. The molecular formula is C16H18N2O. The fraction of sp³-hybridized carbons (Fsp3) is 0.188. The van der Waals surface area contributed by atoms with Gasteiger partial charge in [-0.25, -0.2) is 0 Å². The van der Waals surface area contributed by atoms with E-state index in [4.69, 9.17) is 10.5 Å². The van der Waals surface area contributed by atoms with Crippen molar-refractivity contribution in [3.05, 3.63) is 53.6 Å². The quantitative estimate of drug-likeness (QED) is 0.508. The van der Waals surface area contributed by atoms with Crippen LogP contribution >= 0.6 is 0 Å². The van der Waals surface area contributed by atoms with E-state index < -0.39 is 0 Å². The molecule has 2 aromatic rings. The van der Waals surface area contributed by atoms with Crippen LogP contribution in [0.15, 0.2) is 47.5 Å². The number of hydrogen-bond donors (Lipinski definition) is 1. The minimum Gasteiger partial charge on any atom is -0.481 e. The highest BCUT2D eigenvalue weighted by atomic mass is 16.5. The summed E-state index contributed by atoms with van der Waals surface area (Å²) in [6, 6.07) is 14.0. The second-order valence-electron chi connectivity index (χ2n) is 4.38. The van der Waals surface area contributed by atoms with E-state index in [0.29, 0.717) is 5.90 Å². The maximum atomic E-state index is 5.72. The van der Waals surface area contributed by atoms with Crippen LogP contribution in [-0.2, 0) is 4.74 Å². The molecule has 0 aliphatic heterocycles. The molecule has 0 radical (unpaired) electrons. The van der Waals surface area contributed by atoms with Gasteiger partial charge in [0.15, 0.2) is 0 Å². The third-order valence-corrected chi connectivity index (χ3v) is 3.10. The van der Waals surface area contributed by atoms with Crippen LogP contribution in [-0.4, -0.2) is 20.1 Å². The van der Waals surface area contributed by atoms with E-state index in [1.807, 2.05) is 30.3 Å². The van der Waals surface area contributed by atoms with E-state index >= 15 is 0 Å². The Bertz CT molecular complexity index is 601. The van der Waals surface area contributed by atoms with E-state index in [2.05, 4.69) is 24.0 Å². The predicted molar refractivity (Wildman–Crippen MR) is 80.5 cm³/mol. The van der Waals surface area contributed by atoms with Crippen LogP contribution in [0, 0.1) is 6.92 Å². The van der Waals surface area contributed by atoms with E-state index in [-0.39, 0.29) is 0 Å². The number of ether oxygens (including phenoxy) is 1. The first-order valence-electron chi connectivity index (χ1n) is 6.13. The number of methoxy groups -OCH3 is 1. The zero-order chi connectivity index (χ0) is 13.8. The highest BCUT2D eigenvalue weighted by molar-refractivity contribution is 5.95. The van der Waals surface area contributed by atoms with Gasteiger partial charge in [-0.2, -0.15) is 0 Å². The molecule has 0 spiro atoms. The number of hydrogen-bond acceptors (Lipinski definition) is 3. The van der Waals surface area contributed by atoms with Crippen molar-refractivity contribution in [2.45, 2.75) is 6.92 Å². The zero-order valence-electron chi connectivity index (χ0n) is 11.5. The SMILES string of the molecule is CN=C(OC)c1ccc(C)c(-c2ccc(N)cc2)c1. The summed E-state index contributed by atoms with van der Waals surface area (Å²) in [5.74, 6) is 0.636. The molecule has 0 atom stereocenters. The van der Waals surface area contributed by atoms with Crippen molar-refractivity contribution in [2.75, 3.05) is 19.9 Å². The van der Waals surface area contributed by atoms with E-state index in [1.54, 1.807) is 14.2 Å². The molecule has 0 heterocycles. The summed E-state index contributed by atoms with van der Waals surface area (Å²) in [6.07, 6.45) is 0. The molecule has 0 saturated heterocycles. The van der Waals surface area contributed by atoms with Crippen molar-refractivity contribution in [3.63, 3.8) is 0 Å². The van der Waals surface area contributed by atoms with Crippen molar-refractivity contribution in [1.82, 2.24) is 0 Å². The summed E-state index contributed by atoms with van der Waals surface area (Å²) in [5.41, 5.74) is 11.0. The van der Waals surface area contributed by atoms with Crippen LogP contribution in [0.5, 0.6) is 0 Å². The van der Waals surface area contributed by atoms with Crippen LogP contribution in [0.2, 0.25) is 0 Å². The molecule has 3 nitrogen and oxygen atoms in total. The Labute approximate surface area is 113 Å². The first-order valence-corrected chi connectivity index (χ1v) is 6.13. The molecule has 0 aromatic heterocycles. The molecule has 2 aromatic carbocycles. The molecule has 19 heavy (non-hydrogen) atoms. The molecule has 0 bridgehead atoms. The summed E-state index contributed by atoms with van der Waals surface area (Å²) in [5, 5.41) is 0. The number of aryl methyl sites for hydroxylation is 1. The number of rotatable bonds is 2. The van der Waals surface area contributed by atoms with Gasteiger partial charge in [0.05, 0.1) is 7.11 Å². The maximum absolute atomic E-state index is 5.72. The number of nitrogens with two attached hydrogens (primary N) is 1. The van der Waals surface area contributed by atoms with E-state index in [0.717, 1.165) is 22.4 Å². The highest BCUT2D eigenvalue weighted by Crippen LogP contribution is 2.25. The van der Waals surface area contributed by atoms with Gasteiger partial charge in [-0.1, -0.05) is 18.2 Å². The van der Waals surface area contributed by atoms with Crippen molar-refractivity contribution >= 4 is 11.6 Å². The van der Waals surface area contributed by atoms with Gasteiger partial charge in [-0.3, -0.25) is 4.99 Å². The van der Waals surface area contributed by atoms with Crippen LogP contribution < -0.4 is 5.73 Å². The normalized spacial score (nSPS) is 11.4. The minimum atomic E-state index is 0.636. The lowest BCUT2D eigenvalue weighted by Crippen LogP contribution is -2.03. The Morgan fingerprint density at radius 2 is 1.79 bits per heavy atom. The van der Waals surface area contributed by atoms with Gasteiger partial charge in [-0.15, -0.1) is 0 Å². The second kappa shape index (κ2) is 5.57. The van der Waals surface area contributed by atoms with Gasteiger partial charge in [0, 0.05) is 18.3 Å². The molecule has 2 N–H and O–H groups in total. The summed E-state index contributed by atoms with van der Waals surface area (Å²) in [4.78, 5) is 4.13. The summed E-state index contributed by atoms with van der Waals surface area (Å²) in [7, 11) is 3.35. The van der Waals surface area contributed by atoms with Crippen molar-refractivity contribution in [1.29, 1.82) is 0 Å². The first-order chi connectivity index (χ1) is 9.15. The second-order valence-corrected chi connectivity index (χ2v) is 4.38. The molecular weight excluding hydrogens is 236 g/mol. The van der Waals surface area contributed by atoms with Crippen LogP contribution in [0.3, 0.4) is 0 Å². The molecule has 2 rings (SSSR count). The molecule has 3 heteroatoms. The maximum Gasteiger partial charge on any atom is 0.215 e. The molecule has 0 saturated carbocycles. The standard InChI is InChI=1S/C16H18N2O/c1-11-4-5-13(16(18-2)19-3)10-15(11)12-6-8-14(17)9-7-12/h4-10H,17H2,1-3H3. The lowest BCUT2D eigenvalue weighted by Gasteiger charge is -2.10. The number of nitrogen functional groups attached to an aromatic ring is 1. The molecule has 0 amide bonds. The lowest BCUT2D eigenvalue weighted by molar-refractivity contribution is 0.404. The van der Waals surface area contributed by atoms with Crippen LogP contribution in [0.4, 0.5) is 5.69 Å². The lowest BCUT2D eigenvalue weighted by atomic mass is 9.98. The molecule has 98 valence electrons. The van der Waals surface area contributed by atoms with Gasteiger partial charge in [0.25, 0.3) is 0 Å². The average molecular weight is 254 g/mol. The van der Waals surface area contributed by atoms with Crippen LogP contribution in [0.1, 0.15) is 11.1 Å².